The van der Waals surface area contributed by atoms with Gasteiger partial charge in [0.2, 0.25) is 5.91 Å². The molecule has 0 heterocycles. The van der Waals surface area contributed by atoms with Crippen LogP contribution in [-0.4, -0.2) is 30.9 Å². The van der Waals surface area contributed by atoms with Crippen molar-refractivity contribution >= 4 is 5.91 Å². The number of amides is 1. The minimum absolute atomic E-state index is 0.108. The van der Waals surface area contributed by atoms with Gasteiger partial charge in [-0.3, -0.25) is 4.79 Å². The second kappa shape index (κ2) is 7.24. The zero-order chi connectivity index (χ0) is 14.4. The van der Waals surface area contributed by atoms with E-state index in [-0.39, 0.29) is 17.6 Å². The molecule has 0 radical (unpaired) electrons. The van der Waals surface area contributed by atoms with Crippen LogP contribution in [0, 0.1) is 18.7 Å². The van der Waals surface area contributed by atoms with Crippen LogP contribution in [0.25, 0.3) is 0 Å². The summed E-state index contributed by atoms with van der Waals surface area (Å²) in [4.78, 5) is 13.6. The molecule has 0 spiro atoms. The van der Waals surface area contributed by atoms with E-state index in [0.29, 0.717) is 25.1 Å². The van der Waals surface area contributed by atoms with Crippen molar-refractivity contribution in [3.63, 3.8) is 0 Å². The Morgan fingerprint density at radius 3 is 2.74 bits per heavy atom. The number of benzene rings is 1. The summed E-state index contributed by atoms with van der Waals surface area (Å²) in [7, 11) is 1.79. The van der Waals surface area contributed by atoms with E-state index in [0.717, 1.165) is 12.0 Å². The van der Waals surface area contributed by atoms with Crippen molar-refractivity contribution in [2.75, 3.05) is 20.1 Å². The van der Waals surface area contributed by atoms with Crippen molar-refractivity contribution < 1.29 is 9.18 Å². The van der Waals surface area contributed by atoms with Crippen molar-refractivity contribution in [3.05, 3.63) is 35.1 Å². The molecule has 1 rings (SSSR count). The molecular formula is C15H23FN2O. The standard InChI is InChI=1S/C15H23FN2O/c1-11(10-17)8-15(19)18(3)7-6-13-4-5-14(16)12(2)9-13/h4-5,9,11H,6-8,10,17H2,1-3H3. The third-order valence-electron chi connectivity index (χ3n) is 3.31. The highest BCUT2D eigenvalue weighted by Crippen LogP contribution is 2.10. The van der Waals surface area contributed by atoms with Crippen molar-refractivity contribution in [2.45, 2.75) is 26.7 Å². The zero-order valence-corrected chi connectivity index (χ0v) is 11.9. The lowest BCUT2D eigenvalue weighted by molar-refractivity contribution is -0.130. The molecule has 0 aromatic heterocycles. The van der Waals surface area contributed by atoms with E-state index in [1.165, 1.54) is 6.07 Å². The highest BCUT2D eigenvalue weighted by atomic mass is 19.1. The average molecular weight is 266 g/mol. The lowest BCUT2D eigenvalue weighted by Gasteiger charge is -2.19. The molecular weight excluding hydrogens is 243 g/mol. The number of likely N-dealkylation sites (N-methyl/N-ethyl adjacent to an activating group) is 1. The lowest BCUT2D eigenvalue weighted by Crippen LogP contribution is -2.31. The predicted molar refractivity (Wildman–Crippen MR) is 75.3 cm³/mol. The Labute approximate surface area is 114 Å². The number of carbonyl (C=O) groups excluding carboxylic acids is 1. The number of nitrogens with zero attached hydrogens (tertiary/aromatic N) is 1. The van der Waals surface area contributed by atoms with E-state index in [4.69, 9.17) is 5.73 Å². The first kappa shape index (κ1) is 15.6. The number of rotatable bonds is 6. The molecule has 106 valence electrons. The topological polar surface area (TPSA) is 46.3 Å². The SMILES string of the molecule is Cc1cc(CCN(C)C(=O)CC(C)CN)ccc1F. The summed E-state index contributed by atoms with van der Waals surface area (Å²) in [5.74, 6) is 0.129. The number of hydrogen-bond donors (Lipinski definition) is 1. The monoisotopic (exact) mass is 266 g/mol. The van der Waals surface area contributed by atoms with Crippen LogP contribution in [0.2, 0.25) is 0 Å². The van der Waals surface area contributed by atoms with E-state index in [1.807, 2.05) is 13.0 Å². The van der Waals surface area contributed by atoms with Gasteiger partial charge in [0.25, 0.3) is 0 Å². The minimum atomic E-state index is -0.190. The summed E-state index contributed by atoms with van der Waals surface area (Å²) < 4.78 is 13.1. The molecule has 2 N–H and O–H groups in total. The lowest BCUT2D eigenvalue weighted by atomic mass is 10.1. The van der Waals surface area contributed by atoms with E-state index >= 15 is 0 Å². The first-order valence-electron chi connectivity index (χ1n) is 6.63. The summed E-state index contributed by atoms with van der Waals surface area (Å²) in [6.45, 7) is 4.88. The number of aryl methyl sites for hydroxylation is 1. The Hall–Kier alpha value is -1.42. The van der Waals surface area contributed by atoms with Crippen LogP contribution in [0.15, 0.2) is 18.2 Å². The maximum atomic E-state index is 13.1. The first-order chi connectivity index (χ1) is 8.93. The molecule has 0 saturated carbocycles. The van der Waals surface area contributed by atoms with Crippen LogP contribution in [0.4, 0.5) is 4.39 Å². The smallest absolute Gasteiger partial charge is 0.222 e. The predicted octanol–water partition coefficient (Wildman–Crippen LogP) is 2.12. The molecule has 1 aromatic rings. The largest absolute Gasteiger partial charge is 0.345 e. The summed E-state index contributed by atoms with van der Waals surface area (Å²) in [6.07, 6.45) is 1.22. The van der Waals surface area contributed by atoms with E-state index < -0.39 is 0 Å². The summed E-state index contributed by atoms with van der Waals surface area (Å²) in [5.41, 5.74) is 7.20. The van der Waals surface area contributed by atoms with Gasteiger partial charge in [0.05, 0.1) is 0 Å². The van der Waals surface area contributed by atoms with Gasteiger partial charge in [-0.15, -0.1) is 0 Å². The van der Waals surface area contributed by atoms with Crippen LogP contribution in [0.3, 0.4) is 0 Å². The van der Waals surface area contributed by atoms with Crippen molar-refractivity contribution in [1.82, 2.24) is 4.90 Å². The van der Waals surface area contributed by atoms with Gasteiger partial charge in [-0.25, -0.2) is 4.39 Å². The molecule has 1 aromatic carbocycles. The normalized spacial score (nSPS) is 12.3. The number of hydrogen-bond acceptors (Lipinski definition) is 2. The molecule has 1 amide bonds. The van der Waals surface area contributed by atoms with Gasteiger partial charge >= 0.3 is 0 Å². The fourth-order valence-corrected chi connectivity index (χ4v) is 1.82. The Morgan fingerprint density at radius 2 is 2.16 bits per heavy atom. The highest BCUT2D eigenvalue weighted by molar-refractivity contribution is 5.76. The quantitative estimate of drug-likeness (QED) is 0.857. The molecule has 19 heavy (non-hydrogen) atoms. The maximum Gasteiger partial charge on any atom is 0.222 e. The van der Waals surface area contributed by atoms with E-state index in [2.05, 4.69) is 0 Å². The van der Waals surface area contributed by atoms with Crippen LogP contribution < -0.4 is 5.73 Å². The van der Waals surface area contributed by atoms with Crippen molar-refractivity contribution in [3.8, 4) is 0 Å². The zero-order valence-electron chi connectivity index (χ0n) is 11.9. The van der Waals surface area contributed by atoms with E-state index in [9.17, 15) is 9.18 Å². The van der Waals surface area contributed by atoms with Gasteiger partial charge in [0.15, 0.2) is 0 Å². The first-order valence-corrected chi connectivity index (χ1v) is 6.63. The van der Waals surface area contributed by atoms with Crippen LogP contribution in [0.5, 0.6) is 0 Å². The molecule has 0 aliphatic carbocycles. The van der Waals surface area contributed by atoms with Crippen LogP contribution in [-0.2, 0) is 11.2 Å². The van der Waals surface area contributed by atoms with Gasteiger partial charge in [0, 0.05) is 20.0 Å². The minimum Gasteiger partial charge on any atom is -0.345 e. The van der Waals surface area contributed by atoms with E-state index in [1.54, 1.807) is 24.9 Å². The second-order valence-electron chi connectivity index (χ2n) is 5.19. The number of halogens is 1. The van der Waals surface area contributed by atoms with Gasteiger partial charge in [-0.1, -0.05) is 19.1 Å². The Bertz CT molecular complexity index is 434. The van der Waals surface area contributed by atoms with Gasteiger partial charge in [-0.05, 0) is 43.0 Å². The van der Waals surface area contributed by atoms with Gasteiger partial charge in [-0.2, -0.15) is 0 Å². The highest BCUT2D eigenvalue weighted by Gasteiger charge is 2.12. The van der Waals surface area contributed by atoms with Gasteiger partial charge < -0.3 is 10.6 Å². The molecule has 1 unspecified atom stereocenters. The number of nitrogens with two attached hydrogens (primary N) is 1. The molecule has 4 heteroatoms. The summed E-state index contributed by atoms with van der Waals surface area (Å²) in [6, 6.07) is 5.07. The maximum absolute atomic E-state index is 13.1. The third-order valence-corrected chi connectivity index (χ3v) is 3.31. The van der Waals surface area contributed by atoms with Crippen LogP contribution >= 0.6 is 0 Å². The summed E-state index contributed by atoms with van der Waals surface area (Å²) in [5, 5.41) is 0. The Morgan fingerprint density at radius 1 is 1.47 bits per heavy atom. The van der Waals surface area contributed by atoms with Gasteiger partial charge in [0.1, 0.15) is 5.82 Å². The molecule has 0 aliphatic heterocycles. The Balaban J connectivity index is 2.47. The van der Waals surface area contributed by atoms with Crippen LogP contribution in [0.1, 0.15) is 24.5 Å². The van der Waals surface area contributed by atoms with Crippen molar-refractivity contribution in [1.29, 1.82) is 0 Å². The molecule has 0 fully saturated rings. The Kier molecular flexibility index (Phi) is 5.96. The second-order valence-corrected chi connectivity index (χ2v) is 5.19. The number of carbonyl (C=O) groups is 1. The molecule has 0 saturated heterocycles. The molecule has 0 aliphatic rings. The molecule has 0 bridgehead atoms. The fourth-order valence-electron chi connectivity index (χ4n) is 1.82. The summed E-state index contributed by atoms with van der Waals surface area (Å²) >= 11 is 0. The average Bonchev–Trinajstić information content (AvgIpc) is 2.39. The molecule has 1 atom stereocenters. The third kappa shape index (κ3) is 4.99. The van der Waals surface area contributed by atoms with Crippen molar-refractivity contribution in [2.24, 2.45) is 11.7 Å². The molecule has 3 nitrogen and oxygen atoms in total. The fraction of sp³-hybridized carbons (Fsp3) is 0.533.